The molecule has 3 aromatic rings. The summed E-state index contributed by atoms with van der Waals surface area (Å²) in [5.41, 5.74) is 0.423. The van der Waals surface area contributed by atoms with E-state index in [-0.39, 0.29) is 5.91 Å². The molecule has 146 valence electrons. The number of nitriles is 1. The van der Waals surface area contributed by atoms with E-state index in [4.69, 9.17) is 0 Å². The first-order chi connectivity index (χ1) is 14.0. The first-order valence-corrected chi connectivity index (χ1v) is 9.04. The zero-order valence-electron chi connectivity index (χ0n) is 15.5. The topological polar surface area (TPSA) is 141 Å². The van der Waals surface area contributed by atoms with Crippen molar-refractivity contribution >= 4 is 23.4 Å². The molecule has 2 aromatic heterocycles. The average Bonchev–Trinajstić information content (AvgIpc) is 3.32. The van der Waals surface area contributed by atoms with Gasteiger partial charge >= 0.3 is 5.76 Å². The molecule has 1 amide bonds. The van der Waals surface area contributed by atoms with Crippen LogP contribution in [0.2, 0.25) is 0 Å². The number of hydrogen-bond donors (Lipinski definition) is 2. The van der Waals surface area contributed by atoms with Gasteiger partial charge in [0.05, 0.1) is 6.07 Å². The van der Waals surface area contributed by atoms with Crippen molar-refractivity contribution < 1.29 is 9.32 Å². The standard InChI is InChI=1S/C19H17N7O3/c1-2-19(11-20)8-10-26(16(19)27)14-7-9-21-17(23-14)22-13-5-3-12(4-6-13)15-24-18(28)29-25-15/h3-7,9H,2,8,10H2,1H3,(H,21,22,23)(H,24,25,28)/t19-/m1/s1. The van der Waals surface area contributed by atoms with E-state index in [9.17, 15) is 14.9 Å². The van der Waals surface area contributed by atoms with Crippen LogP contribution in [0.15, 0.2) is 45.8 Å². The Kier molecular flexibility index (Phi) is 4.56. The molecule has 1 aliphatic heterocycles. The molecule has 29 heavy (non-hydrogen) atoms. The van der Waals surface area contributed by atoms with E-state index in [1.807, 2.05) is 6.92 Å². The van der Waals surface area contributed by atoms with Crippen LogP contribution in [0.5, 0.6) is 0 Å². The van der Waals surface area contributed by atoms with Gasteiger partial charge in [-0.2, -0.15) is 10.2 Å². The summed E-state index contributed by atoms with van der Waals surface area (Å²) in [7, 11) is 0. The Morgan fingerprint density at radius 3 is 2.72 bits per heavy atom. The van der Waals surface area contributed by atoms with Crippen LogP contribution in [-0.4, -0.2) is 32.6 Å². The molecule has 1 atom stereocenters. The Morgan fingerprint density at radius 1 is 1.31 bits per heavy atom. The van der Waals surface area contributed by atoms with Gasteiger partial charge in [0.2, 0.25) is 11.9 Å². The van der Waals surface area contributed by atoms with Crippen LogP contribution in [0, 0.1) is 16.7 Å². The van der Waals surface area contributed by atoms with Crippen LogP contribution in [0.1, 0.15) is 19.8 Å². The van der Waals surface area contributed by atoms with Crippen molar-refractivity contribution in [1.82, 2.24) is 20.1 Å². The molecular formula is C19H17N7O3. The van der Waals surface area contributed by atoms with Gasteiger partial charge in [-0.05, 0) is 43.2 Å². The van der Waals surface area contributed by atoms with Crippen molar-refractivity contribution in [2.24, 2.45) is 5.41 Å². The summed E-state index contributed by atoms with van der Waals surface area (Å²) < 4.78 is 4.50. The molecular weight excluding hydrogens is 374 g/mol. The van der Waals surface area contributed by atoms with Crippen LogP contribution in [0.4, 0.5) is 17.5 Å². The molecule has 3 heterocycles. The smallest absolute Gasteiger partial charge is 0.324 e. The fourth-order valence-corrected chi connectivity index (χ4v) is 3.25. The second-order valence-electron chi connectivity index (χ2n) is 6.64. The van der Waals surface area contributed by atoms with E-state index in [1.165, 1.54) is 4.90 Å². The fraction of sp³-hybridized carbons (Fsp3) is 0.263. The number of H-pyrrole nitrogens is 1. The predicted octanol–water partition coefficient (Wildman–Crippen LogP) is 2.22. The van der Waals surface area contributed by atoms with E-state index in [0.29, 0.717) is 48.2 Å². The first-order valence-electron chi connectivity index (χ1n) is 9.04. The largest absolute Gasteiger partial charge is 0.439 e. The summed E-state index contributed by atoms with van der Waals surface area (Å²) in [6.07, 6.45) is 2.51. The molecule has 0 spiro atoms. The molecule has 0 radical (unpaired) electrons. The third-order valence-corrected chi connectivity index (χ3v) is 5.01. The Morgan fingerprint density at radius 2 is 2.10 bits per heavy atom. The molecule has 10 nitrogen and oxygen atoms in total. The molecule has 1 saturated heterocycles. The van der Waals surface area contributed by atoms with Crippen LogP contribution in [-0.2, 0) is 4.79 Å². The van der Waals surface area contributed by atoms with Crippen LogP contribution < -0.4 is 16.0 Å². The predicted molar refractivity (Wildman–Crippen MR) is 103 cm³/mol. The fourth-order valence-electron chi connectivity index (χ4n) is 3.25. The number of rotatable bonds is 5. The van der Waals surface area contributed by atoms with E-state index in [0.717, 1.165) is 0 Å². The second kappa shape index (κ2) is 7.20. The minimum absolute atomic E-state index is 0.224. The molecule has 1 aliphatic rings. The van der Waals surface area contributed by atoms with Gasteiger partial charge in [0.15, 0.2) is 5.82 Å². The molecule has 0 unspecified atom stereocenters. The molecule has 1 aromatic carbocycles. The minimum Gasteiger partial charge on any atom is -0.324 e. The summed E-state index contributed by atoms with van der Waals surface area (Å²) in [5.74, 6) is 0.272. The van der Waals surface area contributed by atoms with Gasteiger partial charge in [0, 0.05) is 24.0 Å². The van der Waals surface area contributed by atoms with Crippen molar-refractivity contribution in [2.45, 2.75) is 19.8 Å². The van der Waals surface area contributed by atoms with Crippen LogP contribution in [0.3, 0.4) is 0 Å². The lowest BCUT2D eigenvalue weighted by Crippen LogP contribution is -2.33. The number of aromatic nitrogens is 4. The summed E-state index contributed by atoms with van der Waals surface area (Å²) in [5, 5.41) is 16.1. The molecule has 1 fully saturated rings. The summed E-state index contributed by atoms with van der Waals surface area (Å²) >= 11 is 0. The first kappa shape index (κ1) is 18.4. The lowest BCUT2D eigenvalue weighted by molar-refractivity contribution is -0.123. The van der Waals surface area contributed by atoms with Crippen molar-refractivity contribution in [1.29, 1.82) is 5.26 Å². The highest BCUT2D eigenvalue weighted by Crippen LogP contribution is 2.36. The molecule has 10 heteroatoms. The highest BCUT2D eigenvalue weighted by molar-refractivity contribution is 6.01. The zero-order valence-corrected chi connectivity index (χ0v) is 15.5. The number of carbonyl (C=O) groups is 1. The molecule has 4 rings (SSSR count). The summed E-state index contributed by atoms with van der Waals surface area (Å²) in [6, 6.07) is 10.9. The number of carbonyl (C=O) groups excluding carboxylic acids is 1. The number of anilines is 3. The van der Waals surface area contributed by atoms with E-state index in [2.05, 4.69) is 36.0 Å². The summed E-state index contributed by atoms with van der Waals surface area (Å²) in [4.78, 5) is 36.4. The van der Waals surface area contributed by atoms with Gasteiger partial charge < -0.3 is 5.32 Å². The Hall–Kier alpha value is -4.00. The monoisotopic (exact) mass is 391 g/mol. The third kappa shape index (κ3) is 3.34. The van der Waals surface area contributed by atoms with Crippen LogP contribution >= 0.6 is 0 Å². The second-order valence-corrected chi connectivity index (χ2v) is 6.64. The maximum Gasteiger partial charge on any atom is 0.439 e. The van der Waals surface area contributed by atoms with Gasteiger partial charge in [-0.1, -0.05) is 12.1 Å². The lowest BCUT2D eigenvalue weighted by Gasteiger charge is -2.19. The average molecular weight is 391 g/mol. The van der Waals surface area contributed by atoms with E-state index >= 15 is 0 Å². The van der Waals surface area contributed by atoms with Crippen molar-refractivity contribution in [3.63, 3.8) is 0 Å². The van der Waals surface area contributed by atoms with Gasteiger partial charge in [-0.15, -0.1) is 0 Å². The maximum atomic E-state index is 12.7. The molecule has 0 bridgehead atoms. The Balaban J connectivity index is 1.52. The number of hydrogen-bond acceptors (Lipinski definition) is 8. The Labute approximate surface area is 165 Å². The van der Waals surface area contributed by atoms with Gasteiger partial charge in [-0.3, -0.25) is 19.2 Å². The molecule has 0 aliphatic carbocycles. The van der Waals surface area contributed by atoms with Crippen molar-refractivity contribution in [3.8, 4) is 17.5 Å². The SMILES string of the molecule is CC[C@]1(C#N)CCN(c2ccnc(Nc3ccc(-c4noc(=O)[nH]4)cc3)n2)C1=O. The molecule has 0 saturated carbocycles. The van der Waals surface area contributed by atoms with E-state index in [1.54, 1.807) is 36.5 Å². The molecule has 2 N–H and O–H groups in total. The Bertz CT molecular complexity index is 1150. The maximum absolute atomic E-state index is 12.7. The van der Waals surface area contributed by atoms with Crippen LogP contribution in [0.25, 0.3) is 11.4 Å². The normalized spacial score (nSPS) is 18.6. The number of aromatic amines is 1. The van der Waals surface area contributed by atoms with Gasteiger partial charge in [-0.25, -0.2) is 9.78 Å². The number of nitrogens with one attached hydrogen (secondary N) is 2. The van der Waals surface area contributed by atoms with Crippen molar-refractivity contribution in [3.05, 3.63) is 47.1 Å². The van der Waals surface area contributed by atoms with Gasteiger partial charge in [0.25, 0.3) is 0 Å². The third-order valence-electron chi connectivity index (χ3n) is 5.01. The van der Waals surface area contributed by atoms with E-state index < -0.39 is 11.2 Å². The van der Waals surface area contributed by atoms with Gasteiger partial charge in [0.1, 0.15) is 11.2 Å². The number of benzene rings is 1. The van der Waals surface area contributed by atoms with Crippen molar-refractivity contribution in [2.75, 3.05) is 16.8 Å². The quantitative estimate of drug-likeness (QED) is 0.674. The lowest BCUT2D eigenvalue weighted by atomic mass is 9.85. The summed E-state index contributed by atoms with van der Waals surface area (Å²) in [6.45, 7) is 2.29. The number of nitrogens with zero attached hydrogens (tertiary/aromatic N) is 5. The number of amides is 1. The zero-order chi connectivity index (χ0) is 20.4. The minimum atomic E-state index is -0.976. The highest BCUT2D eigenvalue weighted by Gasteiger charge is 2.46. The highest BCUT2D eigenvalue weighted by atomic mass is 16.5.